The molecule has 3 heteroatoms. The minimum absolute atomic E-state index is 0.134. The van der Waals surface area contributed by atoms with Crippen LogP contribution in [0.1, 0.15) is 0 Å². The maximum absolute atomic E-state index is 12.3. The van der Waals surface area contributed by atoms with Crippen molar-refractivity contribution in [1.82, 2.24) is 0 Å². The van der Waals surface area contributed by atoms with Crippen molar-refractivity contribution >= 4 is 6.72 Å². The number of hydrogen-bond acceptors (Lipinski definition) is 2. The number of methoxy groups -OCH3 is 1. The van der Waals surface area contributed by atoms with Crippen LogP contribution in [0.5, 0.6) is 0 Å². The molecule has 0 radical (unpaired) electrons. The van der Waals surface area contributed by atoms with Crippen LogP contribution >= 0.6 is 0 Å². The van der Waals surface area contributed by atoms with Gasteiger partial charge in [-0.1, -0.05) is 6.58 Å². The van der Waals surface area contributed by atoms with Gasteiger partial charge < -0.3 is 4.74 Å². The highest BCUT2D eigenvalue weighted by Crippen LogP contribution is 2.07. The Morgan fingerprint density at radius 1 is 1.78 bits per heavy atom. The molecule has 0 saturated heterocycles. The summed E-state index contributed by atoms with van der Waals surface area (Å²) in [7, 11) is 1.31. The highest BCUT2D eigenvalue weighted by Gasteiger charge is 1.97. The van der Waals surface area contributed by atoms with Crippen molar-refractivity contribution in [3.63, 3.8) is 0 Å². The molecule has 0 aliphatic heterocycles. The summed E-state index contributed by atoms with van der Waals surface area (Å²) in [6, 6.07) is 0. The van der Waals surface area contributed by atoms with Gasteiger partial charge in [-0.3, -0.25) is 0 Å². The highest BCUT2D eigenvalue weighted by molar-refractivity contribution is 5.29. The predicted molar refractivity (Wildman–Crippen MR) is 34.9 cm³/mol. The van der Waals surface area contributed by atoms with Gasteiger partial charge in [-0.25, -0.2) is 9.38 Å². The van der Waals surface area contributed by atoms with Gasteiger partial charge in [0, 0.05) is 0 Å². The zero-order chi connectivity index (χ0) is 7.28. The number of halogens is 1. The Hall–Kier alpha value is -1.12. The van der Waals surface area contributed by atoms with Gasteiger partial charge in [0.2, 0.25) is 5.88 Å². The third-order valence-corrected chi connectivity index (χ3v) is 0.720. The third-order valence-electron chi connectivity index (χ3n) is 0.720. The quantitative estimate of drug-likeness (QED) is 0.322. The molecule has 0 aliphatic rings. The second-order valence-corrected chi connectivity index (χ2v) is 1.22. The van der Waals surface area contributed by atoms with E-state index < -0.39 is 5.83 Å². The fourth-order valence-electron chi connectivity index (χ4n) is 0.325. The lowest BCUT2D eigenvalue weighted by molar-refractivity contribution is 0.275. The lowest BCUT2D eigenvalue weighted by Crippen LogP contribution is -1.83. The maximum atomic E-state index is 12.3. The normalized spacial score (nSPS) is 11.8. The predicted octanol–water partition coefficient (Wildman–Crippen LogP) is 1.66. The number of hydrogen-bond donors (Lipinski definition) is 0. The second kappa shape index (κ2) is 3.83. The number of ether oxygens (including phenoxy) is 1. The van der Waals surface area contributed by atoms with E-state index in [2.05, 4.69) is 23.0 Å². The van der Waals surface area contributed by atoms with Crippen molar-refractivity contribution in [3.05, 3.63) is 24.4 Å². The van der Waals surface area contributed by atoms with E-state index in [0.29, 0.717) is 0 Å². The van der Waals surface area contributed by atoms with E-state index in [1.165, 1.54) is 7.11 Å². The Kier molecular flexibility index (Phi) is 3.35. The SMILES string of the molecule is C=C/C(F)=C(\N=C)OC. The van der Waals surface area contributed by atoms with Gasteiger partial charge in [0.25, 0.3) is 0 Å². The van der Waals surface area contributed by atoms with Crippen LogP contribution in [0.2, 0.25) is 0 Å². The number of rotatable bonds is 3. The highest BCUT2D eigenvalue weighted by atomic mass is 19.1. The van der Waals surface area contributed by atoms with Crippen LogP contribution in [0, 0.1) is 0 Å². The summed E-state index contributed by atoms with van der Waals surface area (Å²) in [5.41, 5.74) is 0. The van der Waals surface area contributed by atoms with Gasteiger partial charge in [0.1, 0.15) is 0 Å². The van der Waals surface area contributed by atoms with E-state index >= 15 is 0 Å². The molecule has 0 unspecified atom stereocenters. The summed E-state index contributed by atoms with van der Waals surface area (Å²) >= 11 is 0. The van der Waals surface area contributed by atoms with E-state index in [9.17, 15) is 4.39 Å². The largest absolute Gasteiger partial charge is 0.479 e. The first-order valence-electron chi connectivity index (χ1n) is 2.29. The molecule has 0 aromatic rings. The summed E-state index contributed by atoms with van der Waals surface area (Å²) in [5, 5.41) is 0. The van der Waals surface area contributed by atoms with Crippen molar-refractivity contribution in [1.29, 1.82) is 0 Å². The van der Waals surface area contributed by atoms with Crippen LogP contribution in [-0.2, 0) is 4.74 Å². The molecule has 9 heavy (non-hydrogen) atoms. The van der Waals surface area contributed by atoms with E-state index in [-0.39, 0.29) is 5.88 Å². The molecule has 0 aromatic heterocycles. The Labute approximate surface area is 53.4 Å². The summed E-state index contributed by atoms with van der Waals surface area (Å²) in [4.78, 5) is 3.24. The summed E-state index contributed by atoms with van der Waals surface area (Å²) in [6.07, 6.45) is 1.01. The van der Waals surface area contributed by atoms with Gasteiger partial charge in [0.05, 0.1) is 7.11 Å². The number of nitrogens with zero attached hydrogens (tertiary/aromatic N) is 1. The Morgan fingerprint density at radius 2 is 2.33 bits per heavy atom. The lowest BCUT2D eigenvalue weighted by atomic mass is 10.5. The van der Waals surface area contributed by atoms with Gasteiger partial charge in [0.15, 0.2) is 5.83 Å². The molecule has 0 fully saturated rings. The first kappa shape index (κ1) is 7.88. The zero-order valence-electron chi connectivity index (χ0n) is 5.22. The van der Waals surface area contributed by atoms with Crippen LogP contribution in [0.3, 0.4) is 0 Å². The Morgan fingerprint density at radius 3 is 2.44 bits per heavy atom. The van der Waals surface area contributed by atoms with Gasteiger partial charge in [-0.15, -0.1) is 0 Å². The molecule has 0 aliphatic carbocycles. The van der Waals surface area contributed by atoms with Crippen LogP contribution in [0.15, 0.2) is 29.4 Å². The van der Waals surface area contributed by atoms with Crippen molar-refractivity contribution in [3.8, 4) is 0 Å². The Bertz CT molecular complexity index is 151. The standard InChI is InChI=1S/C6H8FNO/c1-4-5(7)6(8-2)9-3/h4H,1-2H2,3H3/b6-5-. The molecule has 0 heterocycles. The smallest absolute Gasteiger partial charge is 0.249 e. The van der Waals surface area contributed by atoms with E-state index in [1.807, 2.05) is 0 Å². The summed E-state index contributed by atoms with van der Waals surface area (Å²) in [6.45, 7) is 6.26. The van der Waals surface area contributed by atoms with Gasteiger partial charge in [-0.05, 0) is 12.8 Å². The first-order valence-corrected chi connectivity index (χ1v) is 2.29. The van der Waals surface area contributed by atoms with Gasteiger partial charge >= 0.3 is 0 Å². The van der Waals surface area contributed by atoms with Crippen molar-refractivity contribution in [2.24, 2.45) is 4.99 Å². The maximum Gasteiger partial charge on any atom is 0.249 e. The van der Waals surface area contributed by atoms with Crippen LogP contribution in [-0.4, -0.2) is 13.8 Å². The molecule has 0 rings (SSSR count). The third kappa shape index (κ3) is 2.08. The number of allylic oxidation sites excluding steroid dienone is 2. The van der Waals surface area contributed by atoms with Gasteiger partial charge in [-0.2, -0.15) is 0 Å². The Balaban J connectivity index is 4.36. The minimum atomic E-state index is -0.604. The molecule has 50 valence electrons. The van der Waals surface area contributed by atoms with Crippen LogP contribution < -0.4 is 0 Å². The van der Waals surface area contributed by atoms with Crippen LogP contribution in [0.4, 0.5) is 4.39 Å². The van der Waals surface area contributed by atoms with E-state index in [0.717, 1.165) is 6.08 Å². The van der Waals surface area contributed by atoms with Crippen LogP contribution in [0.25, 0.3) is 0 Å². The second-order valence-electron chi connectivity index (χ2n) is 1.22. The molecule has 0 saturated carbocycles. The topological polar surface area (TPSA) is 21.6 Å². The van der Waals surface area contributed by atoms with E-state index in [1.54, 1.807) is 0 Å². The van der Waals surface area contributed by atoms with E-state index in [4.69, 9.17) is 0 Å². The average molecular weight is 129 g/mol. The molecule has 0 bridgehead atoms. The minimum Gasteiger partial charge on any atom is -0.479 e. The molecule has 2 nitrogen and oxygen atoms in total. The lowest BCUT2D eigenvalue weighted by Gasteiger charge is -1.96. The average Bonchev–Trinajstić information content (AvgIpc) is 1.90. The molecular formula is C6H8FNO. The molecule has 0 spiro atoms. The fourth-order valence-corrected chi connectivity index (χ4v) is 0.325. The molecule has 0 amide bonds. The first-order chi connectivity index (χ1) is 4.26. The number of aliphatic imine (C=N–C) groups is 1. The van der Waals surface area contributed by atoms with Crippen molar-refractivity contribution in [2.45, 2.75) is 0 Å². The fraction of sp³-hybridized carbons (Fsp3) is 0.167. The zero-order valence-corrected chi connectivity index (χ0v) is 5.22. The molecule has 0 atom stereocenters. The molecule has 0 aromatic carbocycles. The van der Waals surface area contributed by atoms with Crippen molar-refractivity contribution in [2.75, 3.05) is 7.11 Å². The monoisotopic (exact) mass is 129 g/mol. The summed E-state index contributed by atoms with van der Waals surface area (Å²) in [5.74, 6) is -0.738. The van der Waals surface area contributed by atoms with Crippen molar-refractivity contribution < 1.29 is 9.13 Å². The molecular weight excluding hydrogens is 121 g/mol. The summed E-state index contributed by atoms with van der Waals surface area (Å²) < 4.78 is 16.8. The molecule has 0 N–H and O–H groups in total.